The van der Waals surface area contributed by atoms with Gasteiger partial charge in [0.1, 0.15) is 0 Å². The molecule has 0 amide bonds. The van der Waals surface area contributed by atoms with Gasteiger partial charge in [0.2, 0.25) is 0 Å². The SMILES string of the molecule is CCOC(=O)C1CCC(N)CC1.CS(=O)(=O)O. The van der Waals surface area contributed by atoms with Crippen molar-refractivity contribution in [3.8, 4) is 0 Å². The molecule has 1 rings (SSSR count). The average molecular weight is 267 g/mol. The molecule has 7 heteroatoms. The minimum atomic E-state index is -3.67. The zero-order valence-electron chi connectivity index (χ0n) is 10.3. The highest BCUT2D eigenvalue weighted by molar-refractivity contribution is 7.85. The van der Waals surface area contributed by atoms with Crippen LogP contribution in [0.2, 0.25) is 0 Å². The van der Waals surface area contributed by atoms with Gasteiger partial charge in [0, 0.05) is 6.04 Å². The van der Waals surface area contributed by atoms with E-state index in [-0.39, 0.29) is 11.9 Å². The maximum atomic E-state index is 11.2. The van der Waals surface area contributed by atoms with Crippen molar-refractivity contribution < 1.29 is 22.5 Å². The van der Waals surface area contributed by atoms with Crippen LogP contribution in [0.25, 0.3) is 0 Å². The van der Waals surface area contributed by atoms with E-state index < -0.39 is 10.1 Å². The normalized spacial score (nSPS) is 24.5. The topological polar surface area (TPSA) is 107 Å². The Labute approximate surface area is 102 Å². The summed E-state index contributed by atoms with van der Waals surface area (Å²) in [5.74, 6) is 0.0779. The summed E-state index contributed by atoms with van der Waals surface area (Å²) in [5.41, 5.74) is 5.72. The van der Waals surface area contributed by atoms with Gasteiger partial charge in [-0.15, -0.1) is 0 Å². The van der Waals surface area contributed by atoms with Crippen molar-refractivity contribution >= 4 is 16.1 Å². The third kappa shape index (κ3) is 10.2. The molecule has 0 radical (unpaired) electrons. The highest BCUT2D eigenvalue weighted by Crippen LogP contribution is 2.23. The molecule has 0 saturated heterocycles. The van der Waals surface area contributed by atoms with Gasteiger partial charge in [-0.3, -0.25) is 9.35 Å². The van der Waals surface area contributed by atoms with Gasteiger partial charge in [-0.1, -0.05) is 0 Å². The highest BCUT2D eigenvalue weighted by atomic mass is 32.2. The van der Waals surface area contributed by atoms with E-state index >= 15 is 0 Å². The van der Waals surface area contributed by atoms with Gasteiger partial charge in [0.05, 0.1) is 18.8 Å². The van der Waals surface area contributed by atoms with Crippen LogP contribution in [-0.4, -0.2) is 37.8 Å². The van der Waals surface area contributed by atoms with Crippen LogP contribution in [0.5, 0.6) is 0 Å². The minimum Gasteiger partial charge on any atom is -0.466 e. The van der Waals surface area contributed by atoms with Gasteiger partial charge in [-0.05, 0) is 32.6 Å². The van der Waals surface area contributed by atoms with Gasteiger partial charge < -0.3 is 10.5 Å². The smallest absolute Gasteiger partial charge is 0.308 e. The molecule has 1 fully saturated rings. The molecule has 6 nitrogen and oxygen atoms in total. The summed E-state index contributed by atoms with van der Waals surface area (Å²) in [6.45, 7) is 2.33. The molecule has 102 valence electrons. The van der Waals surface area contributed by atoms with E-state index in [1.54, 1.807) is 0 Å². The fourth-order valence-electron chi connectivity index (χ4n) is 1.62. The van der Waals surface area contributed by atoms with Crippen LogP contribution in [0.4, 0.5) is 0 Å². The Hall–Kier alpha value is -0.660. The lowest BCUT2D eigenvalue weighted by molar-refractivity contribution is -0.149. The van der Waals surface area contributed by atoms with E-state index in [2.05, 4.69) is 0 Å². The van der Waals surface area contributed by atoms with Crippen molar-refractivity contribution in [2.75, 3.05) is 12.9 Å². The van der Waals surface area contributed by atoms with Gasteiger partial charge in [0.15, 0.2) is 0 Å². The third-order valence-electron chi connectivity index (χ3n) is 2.39. The molecule has 0 aromatic heterocycles. The molecule has 0 aromatic carbocycles. The first-order valence-electron chi connectivity index (χ1n) is 5.58. The fourth-order valence-corrected chi connectivity index (χ4v) is 1.62. The summed E-state index contributed by atoms with van der Waals surface area (Å²) in [6.07, 6.45) is 4.44. The Kier molecular flexibility index (Phi) is 7.33. The molecule has 1 aliphatic rings. The summed E-state index contributed by atoms with van der Waals surface area (Å²) in [7, 11) is -3.67. The van der Waals surface area contributed by atoms with Crippen LogP contribution in [0.15, 0.2) is 0 Å². The second kappa shape index (κ2) is 7.62. The molecule has 0 aromatic rings. The molecule has 17 heavy (non-hydrogen) atoms. The average Bonchev–Trinajstić information content (AvgIpc) is 2.16. The van der Waals surface area contributed by atoms with E-state index in [4.69, 9.17) is 15.0 Å². The lowest BCUT2D eigenvalue weighted by atomic mass is 9.86. The van der Waals surface area contributed by atoms with Gasteiger partial charge in [-0.25, -0.2) is 0 Å². The first-order chi connectivity index (χ1) is 7.74. The molecule has 0 spiro atoms. The zero-order chi connectivity index (χ0) is 13.5. The fraction of sp³-hybridized carbons (Fsp3) is 0.900. The Morgan fingerprint density at radius 3 is 2.12 bits per heavy atom. The Balaban J connectivity index is 0.000000437. The third-order valence-corrected chi connectivity index (χ3v) is 2.39. The number of hydrogen-bond donors (Lipinski definition) is 2. The van der Waals surface area contributed by atoms with Crippen molar-refractivity contribution in [1.82, 2.24) is 0 Å². The number of rotatable bonds is 2. The number of ether oxygens (including phenoxy) is 1. The monoisotopic (exact) mass is 267 g/mol. The largest absolute Gasteiger partial charge is 0.466 e. The van der Waals surface area contributed by atoms with Gasteiger partial charge >= 0.3 is 5.97 Å². The lowest BCUT2D eigenvalue weighted by Crippen LogP contribution is -2.30. The Morgan fingerprint density at radius 1 is 1.35 bits per heavy atom. The first-order valence-corrected chi connectivity index (χ1v) is 7.43. The molecule has 0 bridgehead atoms. The quantitative estimate of drug-likeness (QED) is 0.559. The molecule has 1 saturated carbocycles. The molecule has 0 heterocycles. The maximum Gasteiger partial charge on any atom is 0.308 e. The number of carbonyl (C=O) groups excluding carboxylic acids is 1. The zero-order valence-corrected chi connectivity index (χ0v) is 11.1. The molecule has 0 atom stereocenters. The predicted octanol–water partition coefficient (Wildman–Crippen LogP) is 0.571. The molecule has 0 aliphatic heterocycles. The lowest BCUT2D eigenvalue weighted by Gasteiger charge is -2.24. The molecule has 0 unspecified atom stereocenters. The summed E-state index contributed by atoms with van der Waals surface area (Å²) >= 11 is 0. The van der Waals surface area contributed by atoms with Crippen LogP contribution in [0.1, 0.15) is 32.6 Å². The first kappa shape index (κ1) is 16.3. The van der Waals surface area contributed by atoms with E-state index in [0.717, 1.165) is 25.7 Å². The molecule has 1 aliphatic carbocycles. The van der Waals surface area contributed by atoms with Crippen molar-refractivity contribution in [1.29, 1.82) is 0 Å². The van der Waals surface area contributed by atoms with Crippen LogP contribution >= 0.6 is 0 Å². The molecule has 3 N–H and O–H groups in total. The van der Waals surface area contributed by atoms with Crippen molar-refractivity contribution in [3.63, 3.8) is 0 Å². The second-order valence-electron chi connectivity index (χ2n) is 4.10. The van der Waals surface area contributed by atoms with Gasteiger partial charge in [0.25, 0.3) is 10.1 Å². The highest BCUT2D eigenvalue weighted by Gasteiger charge is 2.25. The van der Waals surface area contributed by atoms with Crippen LogP contribution in [-0.2, 0) is 19.6 Å². The predicted molar refractivity (Wildman–Crippen MR) is 64.0 cm³/mol. The van der Waals surface area contributed by atoms with E-state index in [9.17, 15) is 13.2 Å². The Bertz CT molecular complexity index is 312. The Morgan fingerprint density at radius 2 is 1.76 bits per heavy atom. The van der Waals surface area contributed by atoms with Crippen LogP contribution in [0, 0.1) is 5.92 Å². The van der Waals surface area contributed by atoms with E-state index in [1.165, 1.54) is 0 Å². The van der Waals surface area contributed by atoms with Crippen molar-refractivity contribution in [2.24, 2.45) is 11.7 Å². The van der Waals surface area contributed by atoms with Gasteiger partial charge in [-0.2, -0.15) is 8.42 Å². The maximum absolute atomic E-state index is 11.2. The van der Waals surface area contributed by atoms with Crippen LogP contribution < -0.4 is 5.73 Å². The second-order valence-corrected chi connectivity index (χ2v) is 5.56. The number of nitrogens with two attached hydrogens (primary N) is 1. The summed E-state index contributed by atoms with van der Waals surface area (Å²) in [4.78, 5) is 11.2. The summed E-state index contributed by atoms with van der Waals surface area (Å²) < 4.78 is 30.8. The van der Waals surface area contributed by atoms with Crippen LogP contribution in [0.3, 0.4) is 0 Å². The minimum absolute atomic E-state index is 0.0376. The number of esters is 1. The van der Waals surface area contributed by atoms with Crippen molar-refractivity contribution in [2.45, 2.75) is 38.6 Å². The molecular formula is C10H21NO5S. The van der Waals surface area contributed by atoms with Crippen molar-refractivity contribution in [3.05, 3.63) is 0 Å². The van der Waals surface area contributed by atoms with E-state index in [1.807, 2.05) is 6.92 Å². The standard InChI is InChI=1S/C9H17NO2.CH4O3S/c1-2-12-9(11)7-3-5-8(10)6-4-7;1-5(2,3)4/h7-8H,2-6,10H2,1H3;1H3,(H,2,3,4). The number of hydrogen-bond acceptors (Lipinski definition) is 5. The number of carbonyl (C=O) groups is 1. The summed E-state index contributed by atoms with van der Waals surface area (Å²) in [6, 6.07) is 0.302. The van der Waals surface area contributed by atoms with E-state index in [0.29, 0.717) is 18.9 Å². The summed E-state index contributed by atoms with van der Waals surface area (Å²) in [5, 5.41) is 0. The molecular weight excluding hydrogens is 246 g/mol.